The molecule has 3 aromatic heterocycles. The molecular weight excluding hydrogens is 429 g/mol. The van der Waals surface area contributed by atoms with Crippen molar-refractivity contribution in [3.05, 3.63) is 41.2 Å². The third-order valence-corrected chi connectivity index (χ3v) is 5.06. The van der Waals surface area contributed by atoms with Gasteiger partial charge in [0, 0.05) is 19.8 Å². The Kier molecular flexibility index (Phi) is 6.10. The van der Waals surface area contributed by atoms with Crippen LogP contribution in [0.15, 0.2) is 18.5 Å². The second-order valence-corrected chi connectivity index (χ2v) is 7.49. The molecule has 10 nitrogen and oxygen atoms in total. The number of carbonyl (C=O) groups is 2. The van der Waals surface area contributed by atoms with Gasteiger partial charge in [-0.25, -0.2) is 0 Å². The number of nitrogens with one attached hydrogen (secondary N) is 2. The van der Waals surface area contributed by atoms with Crippen molar-refractivity contribution in [2.75, 3.05) is 10.6 Å². The summed E-state index contributed by atoms with van der Waals surface area (Å²) in [4.78, 5) is 25.5. The Bertz CT molecular complexity index is 1160. The van der Waals surface area contributed by atoms with Crippen molar-refractivity contribution in [3.63, 3.8) is 0 Å². The van der Waals surface area contributed by atoms with Gasteiger partial charge in [-0.3, -0.25) is 23.6 Å². The zero-order valence-electron chi connectivity index (χ0n) is 18.2. The van der Waals surface area contributed by atoms with Crippen molar-refractivity contribution in [2.24, 2.45) is 20.0 Å². The number of anilines is 2. The summed E-state index contributed by atoms with van der Waals surface area (Å²) in [7, 11) is 3.29. The SMILES string of the molecule is Cc1c(NC(=O)c2c(NC(=O)C(C)Cn3nc(C(F)(F)F)cc3C)cnn2C)cnn1C. The zero-order chi connectivity index (χ0) is 23.8. The fraction of sp³-hybridized carbons (Fsp3) is 0.421. The van der Waals surface area contributed by atoms with Crippen LogP contribution in [-0.4, -0.2) is 41.2 Å². The molecule has 0 aliphatic heterocycles. The average Bonchev–Trinajstić information content (AvgIpc) is 3.35. The number of aromatic nitrogens is 6. The van der Waals surface area contributed by atoms with Crippen LogP contribution in [0.4, 0.5) is 24.5 Å². The standard InChI is InChI=1S/C19H23F3N8O2/c1-10(9-30-11(2)6-15(27-30)19(20,21)22)17(31)26-14-8-24-29(5)16(14)18(32)25-13-7-23-28(4)12(13)3/h6-8,10H,9H2,1-5H3,(H,25,32)(H,26,31). The summed E-state index contributed by atoms with van der Waals surface area (Å²) >= 11 is 0. The molecule has 13 heteroatoms. The molecule has 0 bridgehead atoms. The second kappa shape index (κ2) is 8.48. The summed E-state index contributed by atoms with van der Waals surface area (Å²) in [6.45, 7) is 4.76. The summed E-state index contributed by atoms with van der Waals surface area (Å²) in [5, 5.41) is 17.0. The fourth-order valence-corrected chi connectivity index (χ4v) is 3.03. The molecule has 0 aromatic carbocycles. The maximum Gasteiger partial charge on any atom is 0.435 e. The molecule has 172 valence electrons. The van der Waals surface area contributed by atoms with Gasteiger partial charge in [-0.05, 0) is 19.9 Å². The summed E-state index contributed by atoms with van der Waals surface area (Å²) in [6, 6.07) is 0.925. The molecule has 0 fully saturated rings. The highest BCUT2D eigenvalue weighted by atomic mass is 19.4. The first-order chi connectivity index (χ1) is 14.9. The van der Waals surface area contributed by atoms with Gasteiger partial charge in [0.15, 0.2) is 5.69 Å². The van der Waals surface area contributed by atoms with Crippen LogP contribution in [0.3, 0.4) is 0 Å². The maximum absolute atomic E-state index is 12.9. The van der Waals surface area contributed by atoms with Gasteiger partial charge in [0.25, 0.3) is 5.91 Å². The van der Waals surface area contributed by atoms with Crippen molar-refractivity contribution >= 4 is 23.2 Å². The number of amides is 2. The van der Waals surface area contributed by atoms with Crippen molar-refractivity contribution in [2.45, 2.75) is 33.5 Å². The molecular formula is C19H23F3N8O2. The first-order valence-electron chi connectivity index (χ1n) is 9.63. The summed E-state index contributed by atoms with van der Waals surface area (Å²) in [5.74, 6) is -1.72. The summed E-state index contributed by atoms with van der Waals surface area (Å²) in [5.41, 5.74) is 0.816. The minimum absolute atomic E-state index is 0.0651. The quantitative estimate of drug-likeness (QED) is 0.597. The summed E-state index contributed by atoms with van der Waals surface area (Å²) < 4.78 is 42.6. The lowest BCUT2D eigenvalue weighted by Gasteiger charge is -2.14. The van der Waals surface area contributed by atoms with Crippen LogP contribution in [0.1, 0.15) is 34.5 Å². The van der Waals surface area contributed by atoms with Gasteiger partial charge in [-0.1, -0.05) is 6.92 Å². The molecule has 0 saturated carbocycles. The minimum Gasteiger partial charge on any atom is -0.322 e. The molecule has 0 spiro atoms. The predicted molar refractivity (Wildman–Crippen MR) is 109 cm³/mol. The number of halogens is 3. The second-order valence-electron chi connectivity index (χ2n) is 7.49. The Labute approximate surface area is 181 Å². The monoisotopic (exact) mass is 452 g/mol. The topological polar surface area (TPSA) is 112 Å². The molecule has 1 atom stereocenters. The first kappa shape index (κ1) is 23.0. The van der Waals surface area contributed by atoms with E-state index in [4.69, 9.17) is 0 Å². The van der Waals surface area contributed by atoms with E-state index in [9.17, 15) is 22.8 Å². The molecule has 1 unspecified atom stereocenters. The number of carbonyl (C=O) groups excluding carboxylic acids is 2. The lowest BCUT2D eigenvalue weighted by Crippen LogP contribution is -2.27. The van der Waals surface area contributed by atoms with Gasteiger partial charge < -0.3 is 10.6 Å². The number of rotatable bonds is 6. The Morgan fingerprint density at radius 2 is 1.69 bits per heavy atom. The van der Waals surface area contributed by atoms with Crippen molar-refractivity contribution < 1.29 is 22.8 Å². The van der Waals surface area contributed by atoms with Crippen molar-refractivity contribution in [1.82, 2.24) is 29.3 Å². The van der Waals surface area contributed by atoms with Crippen LogP contribution in [0, 0.1) is 19.8 Å². The smallest absolute Gasteiger partial charge is 0.322 e. The van der Waals surface area contributed by atoms with Gasteiger partial charge >= 0.3 is 6.18 Å². The molecule has 2 N–H and O–H groups in total. The fourth-order valence-electron chi connectivity index (χ4n) is 3.03. The third-order valence-electron chi connectivity index (χ3n) is 5.06. The van der Waals surface area contributed by atoms with E-state index in [1.54, 1.807) is 32.6 Å². The first-order valence-corrected chi connectivity index (χ1v) is 9.63. The highest BCUT2D eigenvalue weighted by Gasteiger charge is 2.34. The van der Waals surface area contributed by atoms with Crippen LogP contribution in [0.25, 0.3) is 0 Å². The highest BCUT2D eigenvalue weighted by molar-refractivity contribution is 6.09. The van der Waals surface area contributed by atoms with E-state index < -0.39 is 29.6 Å². The summed E-state index contributed by atoms with van der Waals surface area (Å²) in [6.07, 6.45) is -1.73. The number of nitrogens with zero attached hydrogens (tertiary/aromatic N) is 6. The van der Waals surface area contributed by atoms with E-state index in [-0.39, 0.29) is 23.6 Å². The Morgan fingerprint density at radius 1 is 1.06 bits per heavy atom. The minimum atomic E-state index is -4.56. The van der Waals surface area contributed by atoms with Gasteiger partial charge in [-0.2, -0.15) is 28.5 Å². The Balaban J connectivity index is 1.72. The van der Waals surface area contributed by atoms with Gasteiger partial charge in [-0.15, -0.1) is 0 Å². The number of hydrogen-bond acceptors (Lipinski definition) is 5. The molecule has 32 heavy (non-hydrogen) atoms. The molecule has 3 heterocycles. The van der Waals surface area contributed by atoms with E-state index in [0.717, 1.165) is 16.4 Å². The van der Waals surface area contributed by atoms with Crippen LogP contribution in [-0.2, 0) is 31.6 Å². The van der Waals surface area contributed by atoms with Crippen LogP contribution in [0.5, 0.6) is 0 Å². The van der Waals surface area contributed by atoms with E-state index in [0.29, 0.717) is 5.69 Å². The molecule has 2 amide bonds. The third kappa shape index (κ3) is 4.65. The van der Waals surface area contributed by atoms with Crippen molar-refractivity contribution in [1.29, 1.82) is 0 Å². The number of alkyl halides is 3. The normalized spacial score (nSPS) is 12.6. The predicted octanol–water partition coefficient (Wildman–Crippen LogP) is 2.51. The van der Waals surface area contributed by atoms with E-state index in [2.05, 4.69) is 25.9 Å². The molecule has 0 radical (unpaired) electrons. The van der Waals surface area contributed by atoms with Gasteiger partial charge in [0.1, 0.15) is 5.69 Å². The number of hydrogen-bond donors (Lipinski definition) is 2. The Hall–Kier alpha value is -3.64. The van der Waals surface area contributed by atoms with Gasteiger partial charge in [0.05, 0.1) is 41.9 Å². The van der Waals surface area contributed by atoms with E-state index in [1.165, 1.54) is 24.0 Å². The van der Waals surface area contributed by atoms with E-state index >= 15 is 0 Å². The van der Waals surface area contributed by atoms with Crippen LogP contribution < -0.4 is 10.6 Å². The molecule has 0 aliphatic rings. The Morgan fingerprint density at radius 3 is 2.25 bits per heavy atom. The molecule has 3 rings (SSSR count). The zero-order valence-corrected chi connectivity index (χ0v) is 18.2. The van der Waals surface area contributed by atoms with Crippen LogP contribution >= 0.6 is 0 Å². The van der Waals surface area contributed by atoms with Crippen LogP contribution in [0.2, 0.25) is 0 Å². The van der Waals surface area contributed by atoms with Gasteiger partial charge in [0.2, 0.25) is 5.91 Å². The molecule has 0 saturated heterocycles. The molecule has 0 aliphatic carbocycles. The van der Waals surface area contributed by atoms with E-state index in [1.807, 2.05) is 0 Å². The largest absolute Gasteiger partial charge is 0.435 e. The number of aryl methyl sites for hydroxylation is 3. The van der Waals surface area contributed by atoms with Crippen molar-refractivity contribution in [3.8, 4) is 0 Å². The average molecular weight is 452 g/mol. The molecule has 3 aromatic rings. The lowest BCUT2D eigenvalue weighted by atomic mass is 10.1. The maximum atomic E-state index is 12.9. The highest BCUT2D eigenvalue weighted by Crippen LogP contribution is 2.28. The lowest BCUT2D eigenvalue weighted by molar-refractivity contribution is -0.141.